The highest BCUT2D eigenvalue weighted by atomic mass is 16.2. The molecule has 2 N–H and O–H groups in total. The summed E-state index contributed by atoms with van der Waals surface area (Å²) >= 11 is 0. The molecule has 1 heterocycles. The molecule has 6 heteroatoms. The third-order valence-electron chi connectivity index (χ3n) is 4.57. The van der Waals surface area contributed by atoms with Crippen LogP contribution < -0.4 is 16.6 Å². The fraction of sp³-hybridized carbons (Fsp3) is 0.211. The van der Waals surface area contributed by atoms with Gasteiger partial charge >= 0.3 is 5.69 Å². The molecule has 0 aliphatic heterocycles. The van der Waals surface area contributed by atoms with Crippen molar-refractivity contribution in [2.24, 2.45) is 0 Å². The van der Waals surface area contributed by atoms with E-state index < -0.39 is 17.2 Å². The number of rotatable bonds is 3. The number of benzene rings is 2. The zero-order valence-electron chi connectivity index (χ0n) is 13.5. The topological polar surface area (TPSA) is 84.0 Å². The van der Waals surface area contributed by atoms with Gasteiger partial charge in [0.25, 0.3) is 5.56 Å². The molecule has 1 aliphatic rings. The van der Waals surface area contributed by atoms with Crippen LogP contribution in [0.1, 0.15) is 17.5 Å². The van der Waals surface area contributed by atoms with Crippen LogP contribution in [0.4, 0.5) is 5.69 Å². The van der Waals surface area contributed by atoms with Crippen molar-refractivity contribution in [2.45, 2.75) is 25.8 Å². The molecule has 1 aromatic heterocycles. The smallest absolute Gasteiger partial charge is 0.325 e. The van der Waals surface area contributed by atoms with Gasteiger partial charge in [-0.05, 0) is 54.7 Å². The average Bonchev–Trinajstić information content (AvgIpc) is 3.06. The lowest BCUT2D eigenvalue weighted by molar-refractivity contribution is -0.116. The molecule has 126 valence electrons. The highest BCUT2D eigenvalue weighted by Crippen LogP contribution is 2.24. The third-order valence-corrected chi connectivity index (χ3v) is 4.57. The van der Waals surface area contributed by atoms with Crippen LogP contribution in [0.2, 0.25) is 0 Å². The van der Waals surface area contributed by atoms with Crippen LogP contribution in [0, 0.1) is 0 Å². The van der Waals surface area contributed by atoms with Crippen molar-refractivity contribution in [3.05, 3.63) is 74.4 Å². The fourth-order valence-corrected chi connectivity index (χ4v) is 3.34. The van der Waals surface area contributed by atoms with Crippen LogP contribution in [0.25, 0.3) is 10.9 Å². The standard InChI is InChI=1S/C19H17N3O3/c23-17(20-14-9-8-12-4-3-5-13(12)10-14)11-22-18(24)15-6-1-2-7-16(15)21-19(22)25/h1-2,6-10H,3-5,11H2,(H,20,23)(H,21,25). The Balaban J connectivity index is 1.60. The molecule has 1 aliphatic carbocycles. The number of H-pyrrole nitrogens is 1. The van der Waals surface area contributed by atoms with Gasteiger partial charge in [-0.2, -0.15) is 0 Å². The fourth-order valence-electron chi connectivity index (χ4n) is 3.34. The molecule has 0 bridgehead atoms. The van der Waals surface area contributed by atoms with Gasteiger partial charge in [-0.15, -0.1) is 0 Å². The summed E-state index contributed by atoms with van der Waals surface area (Å²) in [4.78, 5) is 39.5. The number of hydrogen-bond acceptors (Lipinski definition) is 3. The second-order valence-electron chi connectivity index (χ2n) is 6.25. The van der Waals surface area contributed by atoms with E-state index in [1.807, 2.05) is 18.2 Å². The monoisotopic (exact) mass is 335 g/mol. The van der Waals surface area contributed by atoms with E-state index in [-0.39, 0.29) is 6.54 Å². The van der Waals surface area contributed by atoms with E-state index in [2.05, 4.69) is 10.3 Å². The van der Waals surface area contributed by atoms with E-state index in [4.69, 9.17) is 0 Å². The van der Waals surface area contributed by atoms with Crippen LogP contribution in [-0.2, 0) is 24.2 Å². The maximum Gasteiger partial charge on any atom is 0.329 e. The van der Waals surface area contributed by atoms with Gasteiger partial charge in [0.15, 0.2) is 0 Å². The number of aryl methyl sites for hydroxylation is 2. The van der Waals surface area contributed by atoms with Gasteiger partial charge < -0.3 is 10.3 Å². The van der Waals surface area contributed by atoms with E-state index in [9.17, 15) is 14.4 Å². The number of hydrogen-bond donors (Lipinski definition) is 2. The first-order valence-corrected chi connectivity index (χ1v) is 8.25. The molecule has 2 aromatic carbocycles. The van der Waals surface area contributed by atoms with Gasteiger partial charge in [-0.25, -0.2) is 4.79 Å². The van der Waals surface area contributed by atoms with E-state index >= 15 is 0 Å². The summed E-state index contributed by atoms with van der Waals surface area (Å²) in [6, 6.07) is 12.6. The van der Waals surface area contributed by atoms with Gasteiger partial charge in [-0.1, -0.05) is 18.2 Å². The number of anilines is 1. The molecule has 6 nitrogen and oxygen atoms in total. The molecule has 0 saturated heterocycles. The number of carbonyl (C=O) groups is 1. The molecule has 4 rings (SSSR count). The first-order chi connectivity index (χ1) is 12.1. The second kappa shape index (κ2) is 6.05. The maximum atomic E-state index is 12.5. The molecule has 0 atom stereocenters. The molecule has 0 unspecified atom stereocenters. The van der Waals surface area contributed by atoms with Crippen molar-refractivity contribution >= 4 is 22.5 Å². The van der Waals surface area contributed by atoms with Gasteiger partial charge in [0.1, 0.15) is 6.54 Å². The Morgan fingerprint density at radius 1 is 1.08 bits per heavy atom. The number of nitrogens with zero attached hydrogens (tertiary/aromatic N) is 1. The van der Waals surface area contributed by atoms with Crippen molar-refractivity contribution < 1.29 is 4.79 Å². The van der Waals surface area contributed by atoms with Crippen LogP contribution in [0.15, 0.2) is 52.1 Å². The van der Waals surface area contributed by atoms with E-state index in [1.54, 1.807) is 24.3 Å². The summed E-state index contributed by atoms with van der Waals surface area (Å²) in [5.41, 5.74) is 2.67. The molecule has 3 aromatic rings. The molecule has 0 saturated carbocycles. The quantitative estimate of drug-likeness (QED) is 0.766. The zero-order valence-corrected chi connectivity index (χ0v) is 13.5. The molecule has 0 fully saturated rings. The van der Waals surface area contributed by atoms with Crippen molar-refractivity contribution in [3.8, 4) is 0 Å². The Kier molecular flexibility index (Phi) is 3.72. The summed E-state index contributed by atoms with van der Waals surface area (Å²) in [5.74, 6) is -0.402. The van der Waals surface area contributed by atoms with E-state index in [1.165, 1.54) is 11.1 Å². The van der Waals surface area contributed by atoms with Crippen molar-refractivity contribution in [2.75, 3.05) is 5.32 Å². The van der Waals surface area contributed by atoms with Crippen molar-refractivity contribution in [1.82, 2.24) is 9.55 Å². The number of carbonyl (C=O) groups excluding carboxylic acids is 1. The summed E-state index contributed by atoms with van der Waals surface area (Å²) in [6.07, 6.45) is 3.23. The zero-order chi connectivity index (χ0) is 17.4. The summed E-state index contributed by atoms with van der Waals surface area (Å²) in [6.45, 7) is -0.323. The van der Waals surface area contributed by atoms with E-state index in [0.29, 0.717) is 16.6 Å². The lowest BCUT2D eigenvalue weighted by atomic mass is 10.1. The van der Waals surface area contributed by atoms with Crippen LogP contribution in [0.5, 0.6) is 0 Å². The third kappa shape index (κ3) is 2.87. The molecular weight excluding hydrogens is 318 g/mol. The minimum Gasteiger partial charge on any atom is -0.325 e. The highest BCUT2D eigenvalue weighted by molar-refractivity contribution is 5.91. The minimum absolute atomic E-state index is 0.323. The normalized spacial score (nSPS) is 13.0. The number of aromatic amines is 1. The number of amides is 1. The van der Waals surface area contributed by atoms with Gasteiger partial charge in [0.05, 0.1) is 10.9 Å². The Hall–Kier alpha value is -3.15. The number of fused-ring (bicyclic) bond motifs is 2. The number of para-hydroxylation sites is 1. The van der Waals surface area contributed by atoms with Crippen molar-refractivity contribution in [3.63, 3.8) is 0 Å². The van der Waals surface area contributed by atoms with Gasteiger partial charge in [0, 0.05) is 5.69 Å². The summed E-state index contributed by atoms with van der Waals surface area (Å²) in [7, 11) is 0. The highest BCUT2D eigenvalue weighted by Gasteiger charge is 2.14. The Labute approximate surface area is 143 Å². The molecule has 0 spiro atoms. The predicted octanol–water partition coefficient (Wildman–Crippen LogP) is 1.82. The lowest BCUT2D eigenvalue weighted by Gasteiger charge is -2.09. The Morgan fingerprint density at radius 3 is 2.76 bits per heavy atom. The lowest BCUT2D eigenvalue weighted by Crippen LogP contribution is -2.38. The SMILES string of the molecule is O=C(Cn1c(=O)[nH]c2ccccc2c1=O)Nc1ccc2c(c1)CCC2. The minimum atomic E-state index is -0.590. The Bertz CT molecular complexity index is 1100. The first-order valence-electron chi connectivity index (χ1n) is 8.25. The number of nitrogens with one attached hydrogen (secondary N) is 2. The molecule has 0 radical (unpaired) electrons. The summed E-state index contributed by atoms with van der Waals surface area (Å²) < 4.78 is 0.922. The Morgan fingerprint density at radius 2 is 1.88 bits per heavy atom. The molecular formula is C19H17N3O3. The average molecular weight is 335 g/mol. The number of aromatic nitrogens is 2. The summed E-state index contributed by atoms with van der Waals surface area (Å²) in [5, 5.41) is 3.15. The van der Waals surface area contributed by atoms with Crippen LogP contribution in [-0.4, -0.2) is 15.5 Å². The van der Waals surface area contributed by atoms with Gasteiger partial charge in [-0.3, -0.25) is 14.2 Å². The molecule has 25 heavy (non-hydrogen) atoms. The maximum absolute atomic E-state index is 12.5. The van der Waals surface area contributed by atoms with Crippen molar-refractivity contribution in [1.29, 1.82) is 0 Å². The largest absolute Gasteiger partial charge is 0.329 e. The predicted molar refractivity (Wildman–Crippen MR) is 95.9 cm³/mol. The first kappa shape index (κ1) is 15.4. The van der Waals surface area contributed by atoms with Crippen LogP contribution in [0.3, 0.4) is 0 Å². The van der Waals surface area contributed by atoms with E-state index in [0.717, 1.165) is 23.8 Å². The van der Waals surface area contributed by atoms with Crippen LogP contribution >= 0.6 is 0 Å². The van der Waals surface area contributed by atoms with Gasteiger partial charge in [0.2, 0.25) is 5.91 Å². The molecule has 1 amide bonds. The second-order valence-corrected chi connectivity index (χ2v) is 6.25.